The highest BCUT2D eigenvalue weighted by molar-refractivity contribution is 5.22. The zero-order valence-corrected chi connectivity index (χ0v) is 16.8. The number of aliphatic hydroxyl groups is 1. The number of piperidine rings is 2. The molecule has 4 heterocycles. The van der Waals surface area contributed by atoms with Crippen LogP contribution in [0.1, 0.15) is 36.4 Å². The second-order valence-electron chi connectivity index (χ2n) is 9.33. The maximum absolute atomic E-state index is 13.1. The fourth-order valence-electron chi connectivity index (χ4n) is 5.42. The van der Waals surface area contributed by atoms with Crippen molar-refractivity contribution in [1.29, 1.82) is 0 Å². The first-order chi connectivity index (χ1) is 13.0. The smallest absolute Gasteiger partial charge is 0.255 e. The van der Waals surface area contributed by atoms with Gasteiger partial charge in [-0.1, -0.05) is 6.07 Å². The molecule has 0 spiro atoms. The van der Waals surface area contributed by atoms with Crippen LogP contribution in [0.4, 0.5) is 0 Å². The van der Waals surface area contributed by atoms with Gasteiger partial charge in [0, 0.05) is 48.8 Å². The Morgan fingerprint density at radius 1 is 1.26 bits per heavy atom. The minimum atomic E-state index is 0.00927. The molecule has 3 aliphatic rings. The number of likely N-dealkylation sites (tertiary alicyclic amines) is 1. The molecule has 2 saturated heterocycles. The minimum Gasteiger partial charge on any atom is -0.396 e. The molecule has 0 saturated carbocycles. The molecule has 2 atom stereocenters. The normalized spacial score (nSPS) is 27.6. The molecule has 150 valence electrons. The summed E-state index contributed by atoms with van der Waals surface area (Å²) in [4.78, 5) is 17.7. The highest BCUT2D eigenvalue weighted by Gasteiger charge is 2.35. The fraction of sp³-hybridized carbons (Fsp3) is 0.762. The van der Waals surface area contributed by atoms with Crippen molar-refractivity contribution in [2.24, 2.45) is 11.3 Å². The standard InChI is InChI=1S/C21H34N4O2/c1-23(2)14-21(15-26)5-7-24(8-6-21)13-17-3-4-19-18-9-16(10-22-11-18)12-25(19)20(17)27/h3-4,16,18,22,26H,5-15H2,1-2H3/t16-,18+/m0/s1. The van der Waals surface area contributed by atoms with E-state index in [1.54, 1.807) is 0 Å². The third-order valence-corrected chi connectivity index (χ3v) is 6.89. The van der Waals surface area contributed by atoms with Crippen LogP contribution in [-0.2, 0) is 13.1 Å². The molecule has 2 bridgehead atoms. The Labute approximate surface area is 162 Å². The molecule has 4 rings (SSSR count). The molecular formula is C21H34N4O2. The van der Waals surface area contributed by atoms with Crippen molar-refractivity contribution in [1.82, 2.24) is 19.7 Å². The van der Waals surface area contributed by atoms with Gasteiger partial charge in [-0.3, -0.25) is 9.69 Å². The number of fused-ring (bicyclic) bond motifs is 4. The van der Waals surface area contributed by atoms with Gasteiger partial charge in [0.2, 0.25) is 0 Å². The quantitative estimate of drug-likeness (QED) is 0.794. The highest BCUT2D eigenvalue weighted by Crippen LogP contribution is 2.33. The molecule has 0 radical (unpaired) electrons. The molecular weight excluding hydrogens is 340 g/mol. The molecule has 3 aliphatic heterocycles. The zero-order chi connectivity index (χ0) is 19.0. The van der Waals surface area contributed by atoms with Gasteiger partial charge < -0.3 is 19.9 Å². The third kappa shape index (κ3) is 3.86. The van der Waals surface area contributed by atoms with Crippen molar-refractivity contribution in [3.8, 4) is 0 Å². The maximum Gasteiger partial charge on any atom is 0.255 e. The number of pyridine rings is 1. The number of nitrogens with zero attached hydrogens (tertiary/aromatic N) is 3. The Morgan fingerprint density at radius 2 is 2.04 bits per heavy atom. The summed E-state index contributed by atoms with van der Waals surface area (Å²) in [6, 6.07) is 4.26. The van der Waals surface area contributed by atoms with Crippen molar-refractivity contribution < 1.29 is 5.11 Å². The first-order valence-corrected chi connectivity index (χ1v) is 10.4. The number of aromatic nitrogens is 1. The lowest BCUT2D eigenvalue weighted by Gasteiger charge is -2.42. The summed E-state index contributed by atoms with van der Waals surface area (Å²) in [5, 5.41) is 13.4. The number of hydrogen-bond acceptors (Lipinski definition) is 5. The Kier molecular flexibility index (Phi) is 5.43. The van der Waals surface area contributed by atoms with E-state index in [4.69, 9.17) is 0 Å². The fourth-order valence-corrected chi connectivity index (χ4v) is 5.42. The molecule has 0 aliphatic carbocycles. The molecule has 27 heavy (non-hydrogen) atoms. The van der Waals surface area contributed by atoms with Gasteiger partial charge in [-0.05, 0) is 65.0 Å². The van der Waals surface area contributed by atoms with Crippen molar-refractivity contribution in [3.05, 3.63) is 33.7 Å². The predicted octanol–water partition coefficient (Wildman–Crippen LogP) is 0.691. The third-order valence-electron chi connectivity index (χ3n) is 6.89. The highest BCUT2D eigenvalue weighted by atomic mass is 16.3. The van der Waals surface area contributed by atoms with Crippen molar-refractivity contribution >= 4 is 0 Å². The molecule has 1 aromatic heterocycles. The van der Waals surface area contributed by atoms with E-state index in [9.17, 15) is 9.90 Å². The van der Waals surface area contributed by atoms with Crippen LogP contribution in [0.2, 0.25) is 0 Å². The van der Waals surface area contributed by atoms with Crippen LogP contribution < -0.4 is 10.9 Å². The first-order valence-electron chi connectivity index (χ1n) is 10.4. The van der Waals surface area contributed by atoms with E-state index in [2.05, 4.69) is 45.9 Å². The van der Waals surface area contributed by atoms with Crippen LogP contribution in [-0.4, -0.2) is 72.9 Å². The summed E-state index contributed by atoms with van der Waals surface area (Å²) in [6.07, 6.45) is 3.20. The van der Waals surface area contributed by atoms with E-state index >= 15 is 0 Å². The topological polar surface area (TPSA) is 60.7 Å². The van der Waals surface area contributed by atoms with Crippen LogP contribution in [0, 0.1) is 11.3 Å². The average molecular weight is 375 g/mol. The van der Waals surface area contributed by atoms with Crippen molar-refractivity contribution in [2.45, 2.75) is 38.3 Å². The molecule has 6 nitrogen and oxygen atoms in total. The summed E-state index contributed by atoms with van der Waals surface area (Å²) in [5.41, 5.74) is 2.37. The van der Waals surface area contributed by atoms with E-state index < -0.39 is 0 Å². The lowest BCUT2D eigenvalue weighted by atomic mass is 9.78. The summed E-state index contributed by atoms with van der Waals surface area (Å²) in [7, 11) is 4.14. The molecule has 0 unspecified atom stereocenters. The van der Waals surface area contributed by atoms with Crippen LogP contribution in [0.25, 0.3) is 0 Å². The molecule has 0 aromatic carbocycles. The van der Waals surface area contributed by atoms with E-state index in [1.807, 2.05) is 0 Å². The summed E-state index contributed by atoms with van der Waals surface area (Å²) < 4.78 is 2.06. The number of nitrogens with one attached hydrogen (secondary N) is 1. The summed E-state index contributed by atoms with van der Waals surface area (Å²) in [5.74, 6) is 1.08. The van der Waals surface area contributed by atoms with Crippen LogP contribution in [0.15, 0.2) is 16.9 Å². The molecule has 1 aromatic rings. The predicted molar refractivity (Wildman–Crippen MR) is 107 cm³/mol. The van der Waals surface area contributed by atoms with Gasteiger partial charge in [-0.2, -0.15) is 0 Å². The Balaban J connectivity index is 1.45. The van der Waals surface area contributed by atoms with E-state index in [-0.39, 0.29) is 17.6 Å². The Morgan fingerprint density at radius 3 is 2.74 bits per heavy atom. The molecule has 6 heteroatoms. The minimum absolute atomic E-state index is 0.00927. The molecule has 2 fully saturated rings. The van der Waals surface area contributed by atoms with Gasteiger partial charge in [0.1, 0.15) is 0 Å². The summed E-state index contributed by atoms with van der Waals surface area (Å²) >= 11 is 0. The largest absolute Gasteiger partial charge is 0.396 e. The summed E-state index contributed by atoms with van der Waals surface area (Å²) in [6.45, 7) is 6.70. The van der Waals surface area contributed by atoms with Gasteiger partial charge in [0.05, 0.1) is 6.61 Å². The van der Waals surface area contributed by atoms with Crippen LogP contribution in [0.5, 0.6) is 0 Å². The van der Waals surface area contributed by atoms with Gasteiger partial charge >= 0.3 is 0 Å². The monoisotopic (exact) mass is 374 g/mol. The SMILES string of the molecule is CN(C)CC1(CO)CCN(Cc2ccc3n(c2=O)C[C@@H]2CNC[C@H]3C2)CC1. The van der Waals surface area contributed by atoms with E-state index in [1.165, 1.54) is 12.1 Å². The van der Waals surface area contributed by atoms with Gasteiger partial charge in [-0.15, -0.1) is 0 Å². The van der Waals surface area contributed by atoms with E-state index in [0.29, 0.717) is 11.8 Å². The van der Waals surface area contributed by atoms with Crippen LogP contribution in [0.3, 0.4) is 0 Å². The number of aliphatic hydroxyl groups excluding tert-OH is 1. The lowest BCUT2D eigenvalue weighted by Crippen LogP contribution is -2.48. The van der Waals surface area contributed by atoms with Gasteiger partial charge in [0.15, 0.2) is 0 Å². The lowest BCUT2D eigenvalue weighted by molar-refractivity contribution is 0.0217. The van der Waals surface area contributed by atoms with Gasteiger partial charge in [-0.25, -0.2) is 0 Å². The van der Waals surface area contributed by atoms with Gasteiger partial charge in [0.25, 0.3) is 5.56 Å². The maximum atomic E-state index is 13.1. The zero-order valence-electron chi connectivity index (χ0n) is 16.8. The molecule has 0 amide bonds. The van der Waals surface area contributed by atoms with E-state index in [0.717, 1.165) is 64.2 Å². The molecule has 2 N–H and O–H groups in total. The Bertz CT molecular complexity index is 721. The Hall–Kier alpha value is -1.21. The van der Waals surface area contributed by atoms with Crippen LogP contribution >= 0.6 is 0 Å². The van der Waals surface area contributed by atoms with Crippen molar-refractivity contribution in [3.63, 3.8) is 0 Å². The second-order valence-corrected chi connectivity index (χ2v) is 9.33. The number of hydrogen-bond donors (Lipinski definition) is 2. The van der Waals surface area contributed by atoms with Crippen molar-refractivity contribution in [2.75, 3.05) is 53.4 Å². The average Bonchev–Trinajstić information content (AvgIpc) is 2.66. The number of rotatable bonds is 5. The first kappa shape index (κ1) is 19.1. The second kappa shape index (κ2) is 7.66.